The molecule has 1 aromatic heterocycles. The van der Waals surface area contributed by atoms with Crippen molar-refractivity contribution in [3.05, 3.63) is 63.5 Å². The predicted molar refractivity (Wildman–Crippen MR) is 99.0 cm³/mol. The number of hydrogen-bond donors (Lipinski definition) is 2. The van der Waals surface area contributed by atoms with Crippen molar-refractivity contribution in [1.82, 2.24) is 10.6 Å². The molecule has 1 aromatic carbocycles. The lowest BCUT2D eigenvalue weighted by Crippen LogP contribution is -2.47. The lowest BCUT2D eigenvalue weighted by atomic mass is 10.0. The predicted octanol–water partition coefficient (Wildman–Crippen LogP) is 2.87. The first-order valence-corrected chi connectivity index (χ1v) is 9.14. The van der Waals surface area contributed by atoms with Crippen molar-refractivity contribution in [2.75, 3.05) is 13.2 Å². The average Bonchev–Trinajstić information content (AvgIpc) is 3.21. The number of nitrogens with zero attached hydrogens (tertiary/aromatic N) is 1. The van der Waals surface area contributed by atoms with Crippen molar-refractivity contribution in [2.24, 2.45) is 0 Å². The van der Waals surface area contributed by atoms with Crippen LogP contribution in [0.4, 0.5) is 4.79 Å². The molecular formula is C19H17N3O4S. The van der Waals surface area contributed by atoms with Gasteiger partial charge in [-0.2, -0.15) is 5.26 Å². The molecule has 2 heterocycles. The second kappa shape index (κ2) is 8.38. The van der Waals surface area contributed by atoms with Gasteiger partial charge in [0.25, 0.3) is 0 Å². The van der Waals surface area contributed by atoms with Crippen molar-refractivity contribution >= 4 is 23.3 Å². The number of thiophene rings is 1. The first-order chi connectivity index (χ1) is 13.1. The fourth-order valence-electron chi connectivity index (χ4n) is 2.63. The number of nitrogens with one attached hydrogen (secondary N) is 2. The van der Waals surface area contributed by atoms with Crippen LogP contribution in [0.25, 0.3) is 0 Å². The van der Waals surface area contributed by atoms with E-state index in [0.29, 0.717) is 22.6 Å². The fraction of sp³-hybridized carbons (Fsp3) is 0.211. The van der Waals surface area contributed by atoms with E-state index in [1.54, 1.807) is 31.2 Å². The zero-order chi connectivity index (χ0) is 19.2. The third-order valence-electron chi connectivity index (χ3n) is 3.84. The normalized spacial score (nSPS) is 16.1. The van der Waals surface area contributed by atoms with Crippen molar-refractivity contribution in [3.63, 3.8) is 0 Å². The zero-order valence-corrected chi connectivity index (χ0v) is 15.3. The molecule has 2 aromatic rings. The Morgan fingerprint density at radius 1 is 1.30 bits per heavy atom. The summed E-state index contributed by atoms with van der Waals surface area (Å²) < 4.78 is 10.9. The summed E-state index contributed by atoms with van der Waals surface area (Å²) in [6, 6.07) is 11.3. The molecule has 3 rings (SSSR count). The molecule has 0 radical (unpaired) electrons. The Labute approximate surface area is 160 Å². The molecule has 8 heteroatoms. The van der Waals surface area contributed by atoms with E-state index in [0.717, 1.165) is 4.88 Å². The highest BCUT2D eigenvalue weighted by Gasteiger charge is 2.34. The number of esters is 1. The number of rotatable bonds is 6. The van der Waals surface area contributed by atoms with E-state index in [2.05, 4.69) is 10.6 Å². The Hall–Kier alpha value is -3.31. The highest BCUT2D eigenvalue weighted by atomic mass is 32.1. The second-order valence-electron chi connectivity index (χ2n) is 5.58. The van der Waals surface area contributed by atoms with Gasteiger partial charge < -0.3 is 20.1 Å². The standard InChI is InChI=1S/C19H17N3O4S/c1-2-25-18(23)16-14(11-26-13-7-5-12(10-20)6-8-13)21-19(24)22-17(16)15-4-3-9-27-15/h3-9,17H,2,11H2,1H3,(H2,21,22,24). The number of ether oxygens (including phenoxy) is 2. The van der Waals surface area contributed by atoms with Gasteiger partial charge in [-0.15, -0.1) is 11.3 Å². The molecule has 0 bridgehead atoms. The van der Waals surface area contributed by atoms with Gasteiger partial charge in [-0.05, 0) is 42.6 Å². The molecule has 0 fully saturated rings. The van der Waals surface area contributed by atoms with Crippen molar-refractivity contribution in [1.29, 1.82) is 5.26 Å². The number of amides is 2. The van der Waals surface area contributed by atoms with Crippen LogP contribution in [0.5, 0.6) is 5.75 Å². The first kappa shape index (κ1) is 18.5. The summed E-state index contributed by atoms with van der Waals surface area (Å²) in [6.45, 7) is 1.92. The highest BCUT2D eigenvalue weighted by molar-refractivity contribution is 7.10. The Bertz CT molecular complexity index is 898. The molecule has 2 N–H and O–H groups in total. The van der Waals surface area contributed by atoms with Crippen LogP contribution in [0.3, 0.4) is 0 Å². The van der Waals surface area contributed by atoms with E-state index in [1.807, 2.05) is 23.6 Å². The lowest BCUT2D eigenvalue weighted by molar-refractivity contribution is -0.139. The van der Waals surface area contributed by atoms with Crippen LogP contribution in [0.15, 0.2) is 53.0 Å². The minimum Gasteiger partial charge on any atom is -0.487 e. The summed E-state index contributed by atoms with van der Waals surface area (Å²) in [6.07, 6.45) is 0. The van der Waals surface area contributed by atoms with Crippen LogP contribution < -0.4 is 15.4 Å². The molecule has 2 amide bonds. The maximum Gasteiger partial charge on any atom is 0.338 e. The van der Waals surface area contributed by atoms with Gasteiger partial charge in [-0.3, -0.25) is 0 Å². The Morgan fingerprint density at radius 2 is 2.07 bits per heavy atom. The van der Waals surface area contributed by atoms with Gasteiger partial charge in [0, 0.05) is 4.88 Å². The molecule has 0 aliphatic carbocycles. The van der Waals surface area contributed by atoms with Gasteiger partial charge >= 0.3 is 12.0 Å². The number of urea groups is 1. The maximum atomic E-state index is 12.6. The lowest BCUT2D eigenvalue weighted by Gasteiger charge is -2.28. The number of carbonyl (C=O) groups is 2. The van der Waals surface area contributed by atoms with Gasteiger partial charge in [-0.1, -0.05) is 6.07 Å². The Morgan fingerprint density at radius 3 is 2.70 bits per heavy atom. The Kier molecular flexibility index (Phi) is 5.74. The van der Waals surface area contributed by atoms with Crippen molar-refractivity contribution in [3.8, 4) is 11.8 Å². The van der Waals surface area contributed by atoms with Crippen LogP contribution >= 0.6 is 11.3 Å². The number of benzene rings is 1. The summed E-state index contributed by atoms with van der Waals surface area (Å²) >= 11 is 1.44. The quantitative estimate of drug-likeness (QED) is 0.747. The first-order valence-electron chi connectivity index (χ1n) is 8.26. The number of nitriles is 1. The van der Waals surface area contributed by atoms with E-state index in [9.17, 15) is 9.59 Å². The molecule has 0 spiro atoms. The van der Waals surface area contributed by atoms with Crippen LogP contribution in [-0.4, -0.2) is 25.2 Å². The van der Waals surface area contributed by atoms with Crippen LogP contribution in [0.1, 0.15) is 23.4 Å². The van der Waals surface area contributed by atoms with E-state index >= 15 is 0 Å². The SMILES string of the molecule is CCOC(=O)C1=C(COc2ccc(C#N)cc2)NC(=O)NC1c1cccs1. The smallest absolute Gasteiger partial charge is 0.338 e. The molecular weight excluding hydrogens is 366 g/mol. The van der Waals surface area contributed by atoms with Gasteiger partial charge in [0.1, 0.15) is 12.4 Å². The monoisotopic (exact) mass is 383 g/mol. The third kappa shape index (κ3) is 4.27. The fourth-order valence-corrected chi connectivity index (χ4v) is 3.42. The van der Waals surface area contributed by atoms with Crippen LogP contribution in [0.2, 0.25) is 0 Å². The second-order valence-corrected chi connectivity index (χ2v) is 6.56. The third-order valence-corrected chi connectivity index (χ3v) is 4.78. The molecule has 138 valence electrons. The molecule has 0 saturated heterocycles. The van der Waals surface area contributed by atoms with E-state index in [1.165, 1.54) is 11.3 Å². The van der Waals surface area contributed by atoms with E-state index in [-0.39, 0.29) is 13.2 Å². The van der Waals surface area contributed by atoms with E-state index < -0.39 is 18.0 Å². The molecule has 1 aliphatic heterocycles. The minimum absolute atomic E-state index is 0.0185. The van der Waals surface area contributed by atoms with Crippen molar-refractivity contribution < 1.29 is 19.1 Å². The van der Waals surface area contributed by atoms with Gasteiger partial charge in [0.05, 0.1) is 35.6 Å². The molecule has 1 aliphatic rings. The van der Waals surface area contributed by atoms with Crippen LogP contribution in [-0.2, 0) is 9.53 Å². The molecule has 1 atom stereocenters. The highest BCUT2D eigenvalue weighted by Crippen LogP contribution is 2.30. The topological polar surface area (TPSA) is 100 Å². The van der Waals surface area contributed by atoms with E-state index in [4.69, 9.17) is 14.7 Å². The molecule has 0 saturated carbocycles. The maximum absolute atomic E-state index is 12.6. The molecule has 27 heavy (non-hydrogen) atoms. The summed E-state index contributed by atoms with van der Waals surface area (Å²) in [5.74, 6) is 0.00647. The van der Waals surface area contributed by atoms with Gasteiger partial charge in [0.2, 0.25) is 0 Å². The summed E-state index contributed by atoms with van der Waals surface area (Å²) in [7, 11) is 0. The summed E-state index contributed by atoms with van der Waals surface area (Å²) in [5, 5.41) is 16.1. The van der Waals surface area contributed by atoms with Gasteiger partial charge in [-0.25, -0.2) is 9.59 Å². The van der Waals surface area contributed by atoms with Crippen LogP contribution in [0, 0.1) is 11.3 Å². The summed E-state index contributed by atoms with van der Waals surface area (Å²) in [5.41, 5.74) is 1.18. The number of hydrogen-bond acceptors (Lipinski definition) is 6. The van der Waals surface area contributed by atoms with Gasteiger partial charge in [0.15, 0.2) is 0 Å². The average molecular weight is 383 g/mol. The number of carbonyl (C=O) groups excluding carboxylic acids is 2. The molecule has 7 nitrogen and oxygen atoms in total. The summed E-state index contributed by atoms with van der Waals surface area (Å²) in [4.78, 5) is 25.5. The van der Waals surface area contributed by atoms with Crippen molar-refractivity contribution in [2.45, 2.75) is 13.0 Å². The zero-order valence-electron chi connectivity index (χ0n) is 14.5. The Balaban J connectivity index is 1.90. The largest absolute Gasteiger partial charge is 0.487 e. The molecule has 1 unspecified atom stereocenters. The minimum atomic E-state index is -0.600.